The van der Waals surface area contributed by atoms with E-state index in [0.717, 1.165) is 19.0 Å². The summed E-state index contributed by atoms with van der Waals surface area (Å²) < 4.78 is 13.7. The van der Waals surface area contributed by atoms with Crippen LogP contribution in [0.3, 0.4) is 0 Å². The third-order valence-corrected chi connectivity index (χ3v) is 6.84. The Morgan fingerprint density at radius 3 is 2.78 bits per heavy atom. The zero-order valence-corrected chi connectivity index (χ0v) is 13.7. The lowest BCUT2D eigenvalue weighted by Crippen LogP contribution is -2.46. The van der Waals surface area contributed by atoms with Gasteiger partial charge in [-0.15, -0.1) is 0 Å². The molecule has 0 aromatic carbocycles. The molecule has 5 heteroatoms. The summed E-state index contributed by atoms with van der Waals surface area (Å²) in [6.07, 6.45) is 6.14. The monoisotopic (exact) mass is 315 g/mol. The second kappa shape index (κ2) is 4.56. The molecule has 23 heavy (non-hydrogen) atoms. The number of rotatable bonds is 2. The van der Waals surface area contributed by atoms with Crippen LogP contribution in [0, 0.1) is 22.6 Å². The normalized spacial score (nSPS) is 31.7. The van der Waals surface area contributed by atoms with E-state index in [1.807, 2.05) is 0 Å². The first-order chi connectivity index (χ1) is 10.8. The van der Waals surface area contributed by atoms with E-state index < -0.39 is 5.82 Å². The number of carbonyl (C=O) groups is 1. The van der Waals surface area contributed by atoms with Gasteiger partial charge in [0.05, 0.1) is 17.9 Å². The standard InChI is InChI=1S/C18H22FN3O/c1-17(2)10-4-5-18(17,3)15(6-10)22-16(23)13-7-11-12(19)8-20-9-14(11)21-13/h7-10,15,21H,4-6H2,1-3H3,(H,22,23). The molecule has 2 heterocycles. The Balaban J connectivity index is 1.60. The second-order valence-electron chi connectivity index (χ2n) is 7.90. The zero-order valence-electron chi connectivity index (χ0n) is 13.7. The number of nitrogens with zero attached hydrogens (tertiary/aromatic N) is 1. The first-order valence-electron chi connectivity index (χ1n) is 8.26. The molecular weight excluding hydrogens is 293 g/mol. The third kappa shape index (κ3) is 1.88. The fourth-order valence-corrected chi connectivity index (χ4v) is 4.80. The van der Waals surface area contributed by atoms with Gasteiger partial charge >= 0.3 is 0 Å². The summed E-state index contributed by atoms with van der Waals surface area (Å²) in [5.41, 5.74) is 1.33. The molecule has 2 fully saturated rings. The predicted molar refractivity (Wildman–Crippen MR) is 86.5 cm³/mol. The fraction of sp³-hybridized carbons (Fsp3) is 0.556. The van der Waals surface area contributed by atoms with Crippen molar-refractivity contribution >= 4 is 16.8 Å². The van der Waals surface area contributed by atoms with Crippen LogP contribution in [-0.4, -0.2) is 21.9 Å². The van der Waals surface area contributed by atoms with Crippen molar-refractivity contribution in [3.8, 4) is 0 Å². The minimum atomic E-state index is -0.411. The number of H-pyrrole nitrogens is 1. The molecule has 4 rings (SSSR count). The summed E-state index contributed by atoms with van der Waals surface area (Å²) in [6, 6.07) is 1.75. The minimum Gasteiger partial charge on any atom is -0.349 e. The van der Waals surface area contributed by atoms with Crippen molar-refractivity contribution in [2.24, 2.45) is 16.7 Å². The van der Waals surface area contributed by atoms with E-state index >= 15 is 0 Å². The molecule has 2 N–H and O–H groups in total. The van der Waals surface area contributed by atoms with Gasteiger partial charge < -0.3 is 10.3 Å². The fourth-order valence-electron chi connectivity index (χ4n) is 4.80. The molecule has 2 aliphatic carbocycles. The molecule has 0 aliphatic heterocycles. The van der Waals surface area contributed by atoms with Crippen LogP contribution < -0.4 is 5.32 Å². The van der Waals surface area contributed by atoms with Gasteiger partial charge in [0.15, 0.2) is 5.82 Å². The number of pyridine rings is 1. The zero-order chi connectivity index (χ0) is 16.4. The van der Waals surface area contributed by atoms with Crippen molar-refractivity contribution in [2.75, 3.05) is 0 Å². The van der Waals surface area contributed by atoms with Crippen molar-refractivity contribution in [3.05, 3.63) is 30.0 Å². The molecule has 2 aromatic heterocycles. The second-order valence-corrected chi connectivity index (χ2v) is 7.90. The van der Waals surface area contributed by atoms with E-state index in [0.29, 0.717) is 22.5 Å². The molecule has 2 aromatic rings. The first kappa shape index (κ1) is 14.7. The smallest absolute Gasteiger partial charge is 0.267 e. The highest BCUT2D eigenvalue weighted by molar-refractivity contribution is 5.98. The largest absolute Gasteiger partial charge is 0.349 e. The van der Waals surface area contributed by atoms with E-state index in [1.165, 1.54) is 12.6 Å². The molecule has 2 saturated carbocycles. The van der Waals surface area contributed by atoms with Crippen LogP contribution >= 0.6 is 0 Å². The Morgan fingerprint density at radius 1 is 1.39 bits per heavy atom. The number of hydrogen-bond acceptors (Lipinski definition) is 2. The van der Waals surface area contributed by atoms with Gasteiger partial charge in [0.1, 0.15) is 5.69 Å². The molecule has 3 unspecified atom stereocenters. The minimum absolute atomic E-state index is 0.131. The van der Waals surface area contributed by atoms with Gasteiger partial charge in [-0.3, -0.25) is 9.78 Å². The van der Waals surface area contributed by atoms with Crippen molar-refractivity contribution in [3.63, 3.8) is 0 Å². The van der Waals surface area contributed by atoms with Crippen LogP contribution in [0.15, 0.2) is 18.5 Å². The molecule has 2 bridgehead atoms. The van der Waals surface area contributed by atoms with E-state index in [9.17, 15) is 9.18 Å². The maximum atomic E-state index is 13.7. The summed E-state index contributed by atoms with van der Waals surface area (Å²) in [7, 11) is 0. The number of halogens is 1. The number of carbonyl (C=O) groups excluding carboxylic acids is 1. The maximum Gasteiger partial charge on any atom is 0.267 e. The number of amides is 1. The van der Waals surface area contributed by atoms with Crippen LogP contribution in [0.1, 0.15) is 50.5 Å². The van der Waals surface area contributed by atoms with Crippen molar-refractivity contribution < 1.29 is 9.18 Å². The van der Waals surface area contributed by atoms with Gasteiger partial charge in [-0.05, 0) is 42.1 Å². The van der Waals surface area contributed by atoms with Gasteiger partial charge in [-0.1, -0.05) is 20.8 Å². The molecule has 2 aliphatic rings. The van der Waals surface area contributed by atoms with Gasteiger partial charge in [0.2, 0.25) is 0 Å². The summed E-state index contributed by atoms with van der Waals surface area (Å²) in [5.74, 6) is 0.100. The molecule has 0 spiro atoms. The molecule has 122 valence electrons. The highest BCUT2D eigenvalue weighted by atomic mass is 19.1. The third-order valence-electron chi connectivity index (χ3n) is 6.84. The lowest BCUT2D eigenvalue weighted by molar-refractivity contribution is 0.0822. The molecule has 4 nitrogen and oxygen atoms in total. The van der Waals surface area contributed by atoms with Crippen LogP contribution in [0.5, 0.6) is 0 Å². The van der Waals surface area contributed by atoms with E-state index in [1.54, 1.807) is 6.07 Å². The summed E-state index contributed by atoms with van der Waals surface area (Å²) >= 11 is 0. The van der Waals surface area contributed by atoms with Crippen molar-refractivity contribution in [1.82, 2.24) is 15.3 Å². The number of aromatic nitrogens is 2. The maximum absolute atomic E-state index is 13.7. The number of nitrogens with one attached hydrogen (secondary N) is 2. The highest BCUT2D eigenvalue weighted by Gasteiger charge is 2.61. The Labute approximate surface area is 134 Å². The number of hydrogen-bond donors (Lipinski definition) is 2. The quantitative estimate of drug-likeness (QED) is 0.889. The van der Waals surface area contributed by atoms with Crippen LogP contribution in [0.4, 0.5) is 4.39 Å². The molecule has 3 atom stereocenters. The Morgan fingerprint density at radius 2 is 2.17 bits per heavy atom. The van der Waals surface area contributed by atoms with E-state index in [2.05, 4.69) is 36.1 Å². The van der Waals surface area contributed by atoms with Gasteiger partial charge in [-0.25, -0.2) is 4.39 Å². The van der Waals surface area contributed by atoms with Gasteiger partial charge in [0, 0.05) is 11.4 Å². The van der Waals surface area contributed by atoms with E-state index in [-0.39, 0.29) is 22.8 Å². The summed E-state index contributed by atoms with van der Waals surface area (Å²) in [4.78, 5) is 19.4. The van der Waals surface area contributed by atoms with Crippen LogP contribution in [0.25, 0.3) is 10.9 Å². The van der Waals surface area contributed by atoms with Gasteiger partial charge in [0.25, 0.3) is 5.91 Å². The van der Waals surface area contributed by atoms with Crippen LogP contribution in [-0.2, 0) is 0 Å². The highest BCUT2D eigenvalue weighted by Crippen LogP contribution is 2.65. The molecular formula is C18H22FN3O. The van der Waals surface area contributed by atoms with Gasteiger partial charge in [-0.2, -0.15) is 0 Å². The number of fused-ring (bicyclic) bond motifs is 3. The van der Waals surface area contributed by atoms with E-state index in [4.69, 9.17) is 0 Å². The lowest BCUT2D eigenvalue weighted by atomic mass is 9.69. The molecule has 0 saturated heterocycles. The Hall–Kier alpha value is -1.91. The lowest BCUT2D eigenvalue weighted by Gasteiger charge is -2.39. The number of aromatic amines is 1. The Bertz CT molecular complexity index is 797. The first-order valence-corrected chi connectivity index (χ1v) is 8.26. The Kier molecular flexibility index (Phi) is 2.91. The molecule has 0 radical (unpaired) electrons. The van der Waals surface area contributed by atoms with Crippen molar-refractivity contribution in [1.29, 1.82) is 0 Å². The predicted octanol–water partition coefficient (Wildman–Crippen LogP) is 3.65. The van der Waals surface area contributed by atoms with Crippen LogP contribution in [0.2, 0.25) is 0 Å². The summed E-state index contributed by atoms with van der Waals surface area (Å²) in [5, 5.41) is 3.60. The average molecular weight is 315 g/mol. The average Bonchev–Trinajstić information content (AvgIpc) is 3.08. The molecule has 1 amide bonds. The summed E-state index contributed by atoms with van der Waals surface area (Å²) in [6.45, 7) is 6.93. The topological polar surface area (TPSA) is 57.8 Å². The van der Waals surface area contributed by atoms with Crippen molar-refractivity contribution in [2.45, 2.75) is 46.1 Å². The SMILES string of the molecule is CC1(C)C2CCC1(C)C(NC(=O)c1cc3c(F)cncc3[nH]1)C2.